The standard InChI is InChI=1S/C22H33N5O2.ClH/c28-20(23-3-4-26-5-7-29-8-6-26)22(1-2-22)19-15-27(25-24-19)21-12-16-9-17(13-21)11-18(10-16)14-21;/h15-18H,1-14H2,(H,23,28);1H. The van der Waals surface area contributed by atoms with Crippen LogP contribution in [-0.2, 0) is 20.5 Å². The number of carbonyl (C=O) groups excluding carboxylic acids is 1. The highest BCUT2D eigenvalue weighted by atomic mass is 35.5. The van der Waals surface area contributed by atoms with E-state index in [4.69, 9.17) is 4.74 Å². The lowest BCUT2D eigenvalue weighted by atomic mass is 9.53. The number of nitrogens with zero attached hydrogens (tertiary/aromatic N) is 4. The van der Waals surface area contributed by atoms with Crippen LogP contribution in [0.25, 0.3) is 0 Å². The van der Waals surface area contributed by atoms with Crippen molar-refractivity contribution < 1.29 is 9.53 Å². The van der Waals surface area contributed by atoms with Crippen molar-refractivity contribution in [3.63, 3.8) is 0 Å². The molecule has 1 saturated heterocycles. The average molecular weight is 436 g/mol. The first-order valence-electron chi connectivity index (χ1n) is 11.7. The smallest absolute Gasteiger partial charge is 0.232 e. The fraction of sp³-hybridized carbons (Fsp3) is 0.864. The molecule has 0 atom stereocenters. The zero-order chi connectivity index (χ0) is 19.5. The third kappa shape index (κ3) is 3.47. The zero-order valence-electron chi connectivity index (χ0n) is 17.7. The zero-order valence-corrected chi connectivity index (χ0v) is 18.5. The van der Waals surface area contributed by atoms with Crippen LogP contribution in [0.3, 0.4) is 0 Å². The summed E-state index contributed by atoms with van der Waals surface area (Å²) in [5.41, 5.74) is 0.658. The van der Waals surface area contributed by atoms with E-state index in [0.29, 0.717) is 6.54 Å². The third-order valence-electron chi connectivity index (χ3n) is 8.48. The highest BCUT2D eigenvalue weighted by Crippen LogP contribution is 2.59. The van der Waals surface area contributed by atoms with Crippen LogP contribution in [0.4, 0.5) is 0 Å². The topological polar surface area (TPSA) is 72.3 Å². The number of halogens is 1. The van der Waals surface area contributed by atoms with E-state index in [0.717, 1.165) is 69.1 Å². The van der Waals surface area contributed by atoms with Crippen molar-refractivity contribution in [2.75, 3.05) is 39.4 Å². The van der Waals surface area contributed by atoms with Crippen LogP contribution in [-0.4, -0.2) is 65.2 Å². The van der Waals surface area contributed by atoms with Gasteiger partial charge in [0, 0.05) is 26.2 Å². The van der Waals surface area contributed by atoms with Crippen molar-refractivity contribution in [1.82, 2.24) is 25.2 Å². The molecular weight excluding hydrogens is 402 g/mol. The molecule has 7 nitrogen and oxygen atoms in total. The third-order valence-corrected chi connectivity index (χ3v) is 8.48. The Bertz CT molecular complexity index is 751. The molecule has 0 spiro atoms. The second kappa shape index (κ2) is 7.75. The highest BCUT2D eigenvalue weighted by Gasteiger charge is 2.56. The fourth-order valence-electron chi connectivity index (χ4n) is 7.11. The fourth-order valence-corrected chi connectivity index (χ4v) is 7.11. The Hall–Kier alpha value is -1.18. The number of ether oxygens (including phenoxy) is 1. The Morgan fingerprint density at radius 3 is 2.33 bits per heavy atom. The molecular formula is C22H34ClN5O2. The Balaban J connectivity index is 0.00000193. The maximum atomic E-state index is 13.0. The molecule has 1 amide bonds. The van der Waals surface area contributed by atoms with Crippen molar-refractivity contribution in [3.05, 3.63) is 11.9 Å². The Morgan fingerprint density at radius 2 is 1.73 bits per heavy atom. The Labute approximate surface area is 184 Å². The summed E-state index contributed by atoms with van der Waals surface area (Å²) in [6, 6.07) is 0. The van der Waals surface area contributed by atoms with Gasteiger partial charge in [0.1, 0.15) is 0 Å². The van der Waals surface area contributed by atoms with E-state index in [9.17, 15) is 4.79 Å². The molecule has 6 fully saturated rings. The van der Waals surface area contributed by atoms with Crippen LogP contribution >= 0.6 is 12.4 Å². The number of nitrogens with one attached hydrogen (secondary N) is 1. The summed E-state index contributed by atoms with van der Waals surface area (Å²) in [5, 5.41) is 12.3. The summed E-state index contributed by atoms with van der Waals surface area (Å²) in [6.07, 6.45) is 12.0. The van der Waals surface area contributed by atoms with Gasteiger partial charge in [-0.05, 0) is 69.1 Å². The minimum Gasteiger partial charge on any atom is -0.379 e. The molecule has 2 heterocycles. The molecule has 166 valence electrons. The number of aromatic nitrogens is 3. The second-order valence-electron chi connectivity index (χ2n) is 10.5. The first-order valence-corrected chi connectivity index (χ1v) is 11.7. The van der Waals surface area contributed by atoms with Crippen LogP contribution < -0.4 is 5.32 Å². The molecule has 8 heteroatoms. The predicted octanol–water partition coefficient (Wildman–Crippen LogP) is 2.11. The number of rotatable bonds is 6. The number of amides is 1. The molecule has 7 rings (SSSR count). The summed E-state index contributed by atoms with van der Waals surface area (Å²) in [4.78, 5) is 15.3. The largest absolute Gasteiger partial charge is 0.379 e. The maximum absolute atomic E-state index is 13.0. The van der Waals surface area contributed by atoms with Gasteiger partial charge in [-0.1, -0.05) is 5.21 Å². The minimum absolute atomic E-state index is 0. The number of morpholine rings is 1. The lowest BCUT2D eigenvalue weighted by molar-refractivity contribution is -0.123. The molecule has 1 N–H and O–H groups in total. The summed E-state index contributed by atoms with van der Waals surface area (Å²) >= 11 is 0. The summed E-state index contributed by atoms with van der Waals surface area (Å²) in [5.74, 6) is 2.79. The molecule has 30 heavy (non-hydrogen) atoms. The van der Waals surface area contributed by atoms with E-state index in [1.165, 1.54) is 38.5 Å². The Kier molecular flexibility index (Phi) is 5.35. The van der Waals surface area contributed by atoms with Gasteiger partial charge in [0.15, 0.2) is 0 Å². The molecule has 0 unspecified atom stereocenters. The average Bonchev–Trinajstić information content (AvgIpc) is 3.36. The lowest BCUT2D eigenvalue weighted by Crippen LogP contribution is -2.52. The minimum atomic E-state index is -0.425. The first kappa shape index (κ1) is 20.7. The van der Waals surface area contributed by atoms with Crippen LogP contribution in [0.15, 0.2) is 6.20 Å². The molecule has 5 saturated carbocycles. The van der Waals surface area contributed by atoms with E-state index in [1.54, 1.807) is 0 Å². The summed E-state index contributed by atoms with van der Waals surface area (Å²) in [7, 11) is 0. The Morgan fingerprint density at radius 1 is 1.10 bits per heavy atom. The van der Waals surface area contributed by atoms with Gasteiger partial charge in [0.2, 0.25) is 5.91 Å². The molecule has 5 aliphatic carbocycles. The summed E-state index contributed by atoms with van der Waals surface area (Å²) in [6.45, 7) is 5.10. The van der Waals surface area contributed by atoms with Gasteiger partial charge in [-0.3, -0.25) is 9.69 Å². The highest BCUT2D eigenvalue weighted by molar-refractivity contribution is 5.90. The van der Waals surface area contributed by atoms with Crippen molar-refractivity contribution in [3.8, 4) is 0 Å². The van der Waals surface area contributed by atoms with Gasteiger partial charge in [-0.15, -0.1) is 17.5 Å². The van der Waals surface area contributed by atoms with Crippen LogP contribution in [0.2, 0.25) is 0 Å². The predicted molar refractivity (Wildman–Crippen MR) is 115 cm³/mol. The molecule has 4 bridgehead atoms. The monoisotopic (exact) mass is 435 g/mol. The van der Waals surface area contributed by atoms with E-state index in [1.807, 2.05) is 0 Å². The number of hydrogen-bond acceptors (Lipinski definition) is 5. The first-order chi connectivity index (χ1) is 14.2. The maximum Gasteiger partial charge on any atom is 0.232 e. The molecule has 0 aromatic carbocycles. The number of carbonyl (C=O) groups is 1. The van der Waals surface area contributed by atoms with Gasteiger partial charge >= 0.3 is 0 Å². The SMILES string of the molecule is Cl.O=C(NCCN1CCOCC1)C1(c2cn(C34CC5CC(CC(C5)C3)C4)nn2)CC1. The quantitative estimate of drug-likeness (QED) is 0.740. The van der Waals surface area contributed by atoms with E-state index >= 15 is 0 Å². The molecule has 0 radical (unpaired) electrons. The van der Waals surface area contributed by atoms with Gasteiger partial charge in [-0.25, -0.2) is 4.68 Å². The van der Waals surface area contributed by atoms with Crippen molar-refractivity contribution in [2.45, 2.75) is 62.3 Å². The van der Waals surface area contributed by atoms with Gasteiger partial charge in [0.25, 0.3) is 0 Å². The molecule has 6 aliphatic rings. The van der Waals surface area contributed by atoms with Gasteiger partial charge in [-0.2, -0.15) is 0 Å². The van der Waals surface area contributed by atoms with Crippen molar-refractivity contribution in [2.24, 2.45) is 17.8 Å². The van der Waals surface area contributed by atoms with Crippen LogP contribution in [0.1, 0.15) is 57.1 Å². The molecule has 1 aromatic heterocycles. The van der Waals surface area contributed by atoms with E-state index in [2.05, 4.69) is 31.4 Å². The second-order valence-corrected chi connectivity index (χ2v) is 10.5. The van der Waals surface area contributed by atoms with E-state index in [-0.39, 0.29) is 23.9 Å². The van der Waals surface area contributed by atoms with Crippen LogP contribution in [0, 0.1) is 17.8 Å². The van der Waals surface area contributed by atoms with Gasteiger partial charge in [0.05, 0.1) is 36.1 Å². The van der Waals surface area contributed by atoms with Crippen LogP contribution in [0.5, 0.6) is 0 Å². The van der Waals surface area contributed by atoms with Crippen molar-refractivity contribution >= 4 is 18.3 Å². The number of hydrogen-bond donors (Lipinski definition) is 1. The van der Waals surface area contributed by atoms with E-state index < -0.39 is 5.41 Å². The molecule has 1 aromatic rings. The van der Waals surface area contributed by atoms with Crippen molar-refractivity contribution in [1.29, 1.82) is 0 Å². The normalized spacial score (nSPS) is 36.3. The lowest BCUT2D eigenvalue weighted by Gasteiger charge is -2.56. The summed E-state index contributed by atoms with van der Waals surface area (Å²) < 4.78 is 7.58. The van der Waals surface area contributed by atoms with Gasteiger partial charge < -0.3 is 10.1 Å². The molecule has 1 aliphatic heterocycles.